The third-order valence-corrected chi connectivity index (χ3v) is 4.41. The molecule has 20 heavy (non-hydrogen) atoms. The van der Waals surface area contributed by atoms with Crippen LogP contribution in [0, 0.1) is 0 Å². The third-order valence-electron chi connectivity index (χ3n) is 4.41. The second-order valence-electron chi connectivity index (χ2n) is 5.55. The fourth-order valence-electron chi connectivity index (χ4n) is 3.07. The van der Waals surface area contributed by atoms with E-state index in [-0.39, 0.29) is 0 Å². The Morgan fingerprint density at radius 1 is 1.00 bits per heavy atom. The number of rotatable bonds is 2. The Bertz CT molecular complexity index is 597. The Labute approximate surface area is 118 Å². The fourth-order valence-corrected chi connectivity index (χ4v) is 3.07. The number of anilines is 1. The lowest BCUT2D eigenvalue weighted by Crippen LogP contribution is -2.61. The van der Waals surface area contributed by atoms with Crippen LogP contribution in [0.5, 0.6) is 0 Å². The highest BCUT2D eigenvalue weighted by atomic mass is 15.3. The van der Waals surface area contributed by atoms with Crippen LogP contribution >= 0.6 is 0 Å². The maximum absolute atomic E-state index is 4.52. The average molecular weight is 269 g/mol. The van der Waals surface area contributed by atoms with E-state index in [1.165, 1.54) is 0 Å². The second-order valence-corrected chi connectivity index (χ2v) is 5.55. The number of fused-ring (bicyclic) bond motifs is 1. The summed E-state index contributed by atoms with van der Waals surface area (Å²) in [5.74, 6) is 1.09. The summed E-state index contributed by atoms with van der Waals surface area (Å²) in [6, 6.07) is 9.01. The molecule has 2 aliphatic rings. The molecule has 1 aromatic heterocycles. The molecule has 0 bridgehead atoms. The van der Waals surface area contributed by atoms with Gasteiger partial charge in [0.1, 0.15) is 12.1 Å². The molecule has 0 radical (unpaired) electrons. The van der Waals surface area contributed by atoms with E-state index in [0.717, 1.165) is 62.0 Å². The number of aromatic nitrogens is 2. The van der Waals surface area contributed by atoms with Crippen molar-refractivity contribution >= 4 is 16.7 Å². The molecule has 2 fully saturated rings. The first-order valence-corrected chi connectivity index (χ1v) is 7.31. The molecular formula is C15H19N5. The van der Waals surface area contributed by atoms with Crippen LogP contribution in [0.25, 0.3) is 10.9 Å². The molecule has 0 aliphatic carbocycles. The first-order valence-electron chi connectivity index (χ1n) is 7.31. The highest BCUT2D eigenvalue weighted by molar-refractivity contribution is 5.89. The van der Waals surface area contributed by atoms with Gasteiger partial charge in [-0.25, -0.2) is 9.97 Å². The van der Waals surface area contributed by atoms with E-state index in [1.807, 2.05) is 6.07 Å². The van der Waals surface area contributed by atoms with Crippen molar-refractivity contribution in [1.82, 2.24) is 20.2 Å². The van der Waals surface area contributed by atoms with Crippen LogP contribution < -0.4 is 10.2 Å². The topological polar surface area (TPSA) is 44.3 Å². The summed E-state index contributed by atoms with van der Waals surface area (Å²) in [6.45, 7) is 6.66. The number of benzene rings is 1. The van der Waals surface area contributed by atoms with Gasteiger partial charge >= 0.3 is 0 Å². The maximum Gasteiger partial charge on any atom is 0.139 e. The van der Waals surface area contributed by atoms with Crippen LogP contribution in [0.4, 0.5) is 5.82 Å². The smallest absolute Gasteiger partial charge is 0.139 e. The first-order chi connectivity index (χ1) is 9.92. The average Bonchev–Trinajstić information content (AvgIpc) is 2.46. The van der Waals surface area contributed by atoms with Gasteiger partial charge < -0.3 is 10.2 Å². The molecule has 3 heterocycles. The van der Waals surface area contributed by atoms with Gasteiger partial charge in [0.25, 0.3) is 0 Å². The standard InChI is InChI=1S/C15H19N5/c1-2-4-14-13(3-1)15(18-11-17-14)20-7-5-19(6-8-20)12-9-16-10-12/h1-4,11-12,16H,5-10H2. The largest absolute Gasteiger partial charge is 0.353 e. The summed E-state index contributed by atoms with van der Waals surface area (Å²) in [6.07, 6.45) is 1.68. The number of nitrogens with one attached hydrogen (secondary N) is 1. The molecule has 2 aromatic rings. The van der Waals surface area contributed by atoms with Crippen LogP contribution in [0.2, 0.25) is 0 Å². The third kappa shape index (κ3) is 2.03. The normalized spacial score (nSPS) is 21.1. The van der Waals surface area contributed by atoms with Gasteiger partial charge in [0.2, 0.25) is 0 Å². The van der Waals surface area contributed by atoms with Crippen molar-refractivity contribution in [3.63, 3.8) is 0 Å². The molecular weight excluding hydrogens is 250 g/mol. The van der Waals surface area contributed by atoms with Gasteiger partial charge in [-0.1, -0.05) is 12.1 Å². The summed E-state index contributed by atoms with van der Waals surface area (Å²) in [5.41, 5.74) is 1.03. The molecule has 0 atom stereocenters. The number of nitrogens with zero attached hydrogens (tertiary/aromatic N) is 4. The quantitative estimate of drug-likeness (QED) is 0.870. The van der Waals surface area contributed by atoms with Crippen molar-refractivity contribution in [1.29, 1.82) is 0 Å². The molecule has 0 saturated carbocycles. The summed E-state index contributed by atoms with van der Waals surface area (Å²) < 4.78 is 0. The predicted octanol–water partition coefficient (Wildman–Crippen LogP) is 0.724. The van der Waals surface area contributed by atoms with E-state index < -0.39 is 0 Å². The van der Waals surface area contributed by atoms with Gasteiger partial charge in [0, 0.05) is 50.7 Å². The molecule has 0 spiro atoms. The van der Waals surface area contributed by atoms with E-state index in [9.17, 15) is 0 Å². The summed E-state index contributed by atoms with van der Waals surface area (Å²) in [7, 11) is 0. The number of hydrogen-bond donors (Lipinski definition) is 1. The highest BCUT2D eigenvalue weighted by Gasteiger charge is 2.28. The molecule has 0 amide bonds. The van der Waals surface area contributed by atoms with Crippen LogP contribution in [-0.2, 0) is 0 Å². The van der Waals surface area contributed by atoms with Crippen molar-refractivity contribution in [3.8, 4) is 0 Å². The van der Waals surface area contributed by atoms with Gasteiger partial charge in [-0.15, -0.1) is 0 Å². The van der Waals surface area contributed by atoms with Crippen molar-refractivity contribution in [2.45, 2.75) is 6.04 Å². The number of para-hydroxylation sites is 1. The Morgan fingerprint density at radius 3 is 2.55 bits per heavy atom. The Morgan fingerprint density at radius 2 is 1.80 bits per heavy atom. The van der Waals surface area contributed by atoms with E-state index in [1.54, 1.807) is 6.33 Å². The van der Waals surface area contributed by atoms with Gasteiger partial charge in [0.15, 0.2) is 0 Å². The lowest BCUT2D eigenvalue weighted by Gasteiger charge is -2.43. The van der Waals surface area contributed by atoms with Crippen molar-refractivity contribution < 1.29 is 0 Å². The van der Waals surface area contributed by atoms with Crippen molar-refractivity contribution in [2.75, 3.05) is 44.2 Å². The molecule has 2 aliphatic heterocycles. The second kappa shape index (κ2) is 5.00. The van der Waals surface area contributed by atoms with Crippen LogP contribution in [0.1, 0.15) is 0 Å². The minimum absolute atomic E-state index is 0.749. The Kier molecular flexibility index (Phi) is 3.01. The lowest BCUT2D eigenvalue weighted by molar-refractivity contribution is 0.138. The van der Waals surface area contributed by atoms with Crippen LogP contribution in [0.3, 0.4) is 0 Å². The fraction of sp³-hybridized carbons (Fsp3) is 0.467. The number of piperazine rings is 1. The van der Waals surface area contributed by atoms with E-state index in [2.05, 4.69) is 43.3 Å². The van der Waals surface area contributed by atoms with Gasteiger partial charge in [-0.3, -0.25) is 4.90 Å². The van der Waals surface area contributed by atoms with Gasteiger partial charge in [-0.2, -0.15) is 0 Å². The van der Waals surface area contributed by atoms with Gasteiger partial charge in [-0.05, 0) is 12.1 Å². The minimum Gasteiger partial charge on any atom is -0.353 e. The molecule has 1 N–H and O–H groups in total. The SMILES string of the molecule is c1ccc2c(N3CCN(C4CNC4)CC3)ncnc2c1. The van der Waals surface area contributed by atoms with Gasteiger partial charge in [0.05, 0.1) is 5.52 Å². The van der Waals surface area contributed by atoms with Crippen LogP contribution in [-0.4, -0.2) is 60.2 Å². The van der Waals surface area contributed by atoms with Crippen LogP contribution in [0.15, 0.2) is 30.6 Å². The lowest BCUT2D eigenvalue weighted by atomic mass is 10.1. The molecule has 4 rings (SSSR count). The van der Waals surface area contributed by atoms with Crippen molar-refractivity contribution in [2.24, 2.45) is 0 Å². The monoisotopic (exact) mass is 269 g/mol. The molecule has 0 unspecified atom stereocenters. The Balaban J connectivity index is 1.55. The zero-order valence-electron chi connectivity index (χ0n) is 11.5. The maximum atomic E-state index is 4.52. The summed E-state index contributed by atoms with van der Waals surface area (Å²) in [4.78, 5) is 13.9. The van der Waals surface area contributed by atoms with E-state index in [4.69, 9.17) is 0 Å². The minimum atomic E-state index is 0.749. The number of hydrogen-bond acceptors (Lipinski definition) is 5. The first kappa shape index (κ1) is 12.1. The summed E-state index contributed by atoms with van der Waals surface area (Å²) in [5, 5.41) is 4.51. The molecule has 2 saturated heterocycles. The summed E-state index contributed by atoms with van der Waals surface area (Å²) >= 11 is 0. The molecule has 5 nitrogen and oxygen atoms in total. The molecule has 104 valence electrons. The zero-order chi connectivity index (χ0) is 13.4. The van der Waals surface area contributed by atoms with Crippen molar-refractivity contribution in [3.05, 3.63) is 30.6 Å². The van der Waals surface area contributed by atoms with E-state index in [0.29, 0.717) is 0 Å². The highest BCUT2D eigenvalue weighted by Crippen LogP contribution is 2.24. The van der Waals surface area contributed by atoms with E-state index >= 15 is 0 Å². The molecule has 1 aromatic carbocycles. The zero-order valence-corrected chi connectivity index (χ0v) is 11.5. The molecule has 5 heteroatoms. The predicted molar refractivity (Wildman–Crippen MR) is 80.0 cm³/mol. The Hall–Kier alpha value is -1.72.